The molecule has 3 nitrogen and oxygen atoms in total. The second-order valence-corrected chi connectivity index (χ2v) is 4.32. The van der Waals surface area contributed by atoms with Crippen molar-refractivity contribution in [2.75, 3.05) is 5.32 Å². The van der Waals surface area contributed by atoms with Gasteiger partial charge in [-0.3, -0.25) is 0 Å². The molecular formula is C14H24N2O. The summed E-state index contributed by atoms with van der Waals surface area (Å²) in [5, 5.41) is 13.1. The lowest BCUT2D eigenvalue weighted by molar-refractivity contribution is 0.116. The Labute approximate surface area is 104 Å². The summed E-state index contributed by atoms with van der Waals surface area (Å²) in [6, 6.07) is 4.16. The van der Waals surface area contributed by atoms with Crippen molar-refractivity contribution in [3.63, 3.8) is 0 Å². The molecule has 3 heteroatoms. The van der Waals surface area contributed by atoms with E-state index < -0.39 is 0 Å². The van der Waals surface area contributed by atoms with Crippen LogP contribution in [0.3, 0.4) is 0 Å². The highest BCUT2D eigenvalue weighted by molar-refractivity contribution is 5.38. The summed E-state index contributed by atoms with van der Waals surface area (Å²) in [7, 11) is 0. The number of aliphatic hydroxyl groups is 1. The van der Waals surface area contributed by atoms with Gasteiger partial charge < -0.3 is 10.4 Å². The first-order chi connectivity index (χ1) is 8.25. The van der Waals surface area contributed by atoms with Gasteiger partial charge in [0.2, 0.25) is 0 Å². The summed E-state index contributed by atoms with van der Waals surface area (Å²) in [6.45, 7) is 6.05. The van der Waals surface area contributed by atoms with Crippen molar-refractivity contribution in [3.05, 3.63) is 23.9 Å². The van der Waals surface area contributed by atoms with Gasteiger partial charge in [0.05, 0.1) is 12.1 Å². The maximum Gasteiger partial charge on any atom is 0.126 e. The second kappa shape index (κ2) is 7.28. The van der Waals surface area contributed by atoms with Crippen molar-refractivity contribution < 1.29 is 5.11 Å². The Morgan fingerprint density at radius 3 is 2.65 bits per heavy atom. The van der Waals surface area contributed by atoms with Gasteiger partial charge in [-0.1, -0.05) is 26.7 Å². The van der Waals surface area contributed by atoms with Crippen molar-refractivity contribution in [1.29, 1.82) is 0 Å². The van der Waals surface area contributed by atoms with E-state index in [0.29, 0.717) is 0 Å². The zero-order valence-electron chi connectivity index (χ0n) is 11.1. The van der Waals surface area contributed by atoms with Crippen LogP contribution in [0.1, 0.15) is 45.1 Å². The standard InChI is InChI=1S/C12H18N2O.C2H6/c1-9-6-7-13-12(8-9)14-10-4-2-3-5-11(10)15;1-2/h6-8,10-11,15H,2-5H2,1H3,(H,13,14);1-2H3. The van der Waals surface area contributed by atoms with Gasteiger partial charge in [0.1, 0.15) is 5.82 Å². The van der Waals surface area contributed by atoms with E-state index in [1.54, 1.807) is 6.20 Å². The number of aryl methyl sites for hydroxylation is 1. The van der Waals surface area contributed by atoms with Crippen LogP contribution in [0, 0.1) is 6.92 Å². The Bertz CT molecular complexity index is 328. The van der Waals surface area contributed by atoms with Gasteiger partial charge in [-0.2, -0.15) is 0 Å². The number of hydrogen-bond donors (Lipinski definition) is 2. The molecule has 0 saturated heterocycles. The molecule has 1 aliphatic rings. The molecule has 1 aromatic rings. The number of pyridine rings is 1. The lowest BCUT2D eigenvalue weighted by atomic mass is 9.92. The van der Waals surface area contributed by atoms with Crippen molar-refractivity contribution in [3.8, 4) is 0 Å². The summed E-state index contributed by atoms with van der Waals surface area (Å²) in [6.07, 6.45) is 5.86. The average Bonchev–Trinajstić information content (AvgIpc) is 2.35. The number of rotatable bonds is 2. The third kappa shape index (κ3) is 4.35. The predicted octanol–water partition coefficient (Wildman–Crippen LogP) is 3.13. The molecule has 0 bridgehead atoms. The van der Waals surface area contributed by atoms with Gasteiger partial charge in [0, 0.05) is 6.20 Å². The lowest BCUT2D eigenvalue weighted by Crippen LogP contribution is -2.36. The molecule has 2 rings (SSSR count). The molecule has 1 saturated carbocycles. The first kappa shape index (κ1) is 14.0. The summed E-state index contributed by atoms with van der Waals surface area (Å²) in [4.78, 5) is 4.25. The van der Waals surface area contributed by atoms with Gasteiger partial charge in [0.25, 0.3) is 0 Å². The number of nitrogens with one attached hydrogen (secondary N) is 1. The fraction of sp³-hybridized carbons (Fsp3) is 0.643. The van der Waals surface area contributed by atoms with E-state index in [9.17, 15) is 5.11 Å². The Morgan fingerprint density at radius 1 is 1.29 bits per heavy atom. The van der Waals surface area contributed by atoms with Crippen molar-refractivity contribution >= 4 is 5.82 Å². The molecule has 2 unspecified atom stereocenters. The maximum atomic E-state index is 9.81. The summed E-state index contributed by atoms with van der Waals surface area (Å²) >= 11 is 0. The average molecular weight is 236 g/mol. The van der Waals surface area contributed by atoms with E-state index in [1.807, 2.05) is 32.9 Å². The summed E-state index contributed by atoms with van der Waals surface area (Å²) in [5.41, 5.74) is 1.19. The molecule has 0 aliphatic heterocycles. The molecule has 0 spiro atoms. The molecule has 1 aliphatic carbocycles. The highest BCUT2D eigenvalue weighted by Crippen LogP contribution is 2.21. The van der Waals surface area contributed by atoms with Crippen LogP contribution in [0.15, 0.2) is 18.3 Å². The number of hydrogen-bond acceptors (Lipinski definition) is 3. The topological polar surface area (TPSA) is 45.2 Å². The normalized spacial score (nSPS) is 23.5. The zero-order chi connectivity index (χ0) is 12.7. The minimum absolute atomic E-state index is 0.174. The summed E-state index contributed by atoms with van der Waals surface area (Å²) < 4.78 is 0. The van der Waals surface area contributed by atoms with E-state index in [0.717, 1.165) is 25.1 Å². The molecule has 96 valence electrons. The van der Waals surface area contributed by atoms with E-state index in [1.165, 1.54) is 12.0 Å². The van der Waals surface area contributed by atoms with Crippen LogP contribution in [-0.2, 0) is 0 Å². The van der Waals surface area contributed by atoms with Crippen LogP contribution in [0.4, 0.5) is 5.82 Å². The van der Waals surface area contributed by atoms with Crippen molar-refractivity contribution in [2.24, 2.45) is 0 Å². The summed E-state index contributed by atoms with van der Waals surface area (Å²) in [5.74, 6) is 0.876. The van der Waals surface area contributed by atoms with Crippen LogP contribution in [0.2, 0.25) is 0 Å². The highest BCUT2D eigenvalue weighted by Gasteiger charge is 2.22. The fourth-order valence-electron chi connectivity index (χ4n) is 2.08. The van der Waals surface area contributed by atoms with Gasteiger partial charge in [0.15, 0.2) is 0 Å². The minimum atomic E-state index is -0.221. The molecule has 2 N–H and O–H groups in total. The quantitative estimate of drug-likeness (QED) is 0.829. The Kier molecular flexibility index (Phi) is 5.98. The van der Waals surface area contributed by atoms with Crippen LogP contribution < -0.4 is 5.32 Å². The van der Waals surface area contributed by atoms with E-state index >= 15 is 0 Å². The van der Waals surface area contributed by atoms with Crippen LogP contribution in [-0.4, -0.2) is 22.2 Å². The van der Waals surface area contributed by atoms with E-state index in [4.69, 9.17) is 0 Å². The third-order valence-corrected chi connectivity index (χ3v) is 2.98. The highest BCUT2D eigenvalue weighted by atomic mass is 16.3. The van der Waals surface area contributed by atoms with Crippen molar-refractivity contribution in [2.45, 2.75) is 58.6 Å². The number of nitrogens with zero attached hydrogens (tertiary/aromatic N) is 1. The molecule has 1 aromatic heterocycles. The molecular weight excluding hydrogens is 212 g/mol. The molecule has 17 heavy (non-hydrogen) atoms. The van der Waals surface area contributed by atoms with Crippen LogP contribution in [0.25, 0.3) is 0 Å². The number of aromatic nitrogens is 1. The van der Waals surface area contributed by atoms with E-state index in [-0.39, 0.29) is 12.1 Å². The third-order valence-electron chi connectivity index (χ3n) is 2.98. The SMILES string of the molecule is CC.Cc1ccnc(NC2CCCCC2O)c1. The lowest BCUT2D eigenvalue weighted by Gasteiger charge is -2.28. The smallest absolute Gasteiger partial charge is 0.126 e. The fourth-order valence-corrected chi connectivity index (χ4v) is 2.08. The van der Waals surface area contributed by atoms with Crippen LogP contribution in [0.5, 0.6) is 0 Å². The first-order valence-corrected chi connectivity index (χ1v) is 6.63. The Morgan fingerprint density at radius 2 is 2.00 bits per heavy atom. The zero-order valence-corrected chi connectivity index (χ0v) is 11.1. The number of anilines is 1. The molecule has 0 amide bonds. The molecule has 1 heterocycles. The van der Waals surface area contributed by atoms with Gasteiger partial charge in [-0.25, -0.2) is 4.98 Å². The molecule has 0 radical (unpaired) electrons. The van der Waals surface area contributed by atoms with Crippen molar-refractivity contribution in [1.82, 2.24) is 4.98 Å². The van der Waals surface area contributed by atoms with Crippen LogP contribution >= 0.6 is 0 Å². The van der Waals surface area contributed by atoms with Gasteiger partial charge >= 0.3 is 0 Å². The van der Waals surface area contributed by atoms with E-state index in [2.05, 4.69) is 10.3 Å². The van der Waals surface area contributed by atoms with Gasteiger partial charge in [-0.15, -0.1) is 0 Å². The Hall–Kier alpha value is -1.09. The first-order valence-electron chi connectivity index (χ1n) is 6.63. The Balaban J connectivity index is 0.000000686. The maximum absolute atomic E-state index is 9.81. The molecule has 1 fully saturated rings. The number of aliphatic hydroxyl groups excluding tert-OH is 1. The monoisotopic (exact) mass is 236 g/mol. The second-order valence-electron chi connectivity index (χ2n) is 4.32. The largest absolute Gasteiger partial charge is 0.391 e. The predicted molar refractivity (Wildman–Crippen MR) is 72.2 cm³/mol. The minimum Gasteiger partial charge on any atom is -0.391 e. The molecule has 2 atom stereocenters. The molecule has 0 aromatic carbocycles. The van der Waals surface area contributed by atoms with Gasteiger partial charge in [-0.05, 0) is 37.5 Å².